The Morgan fingerprint density at radius 2 is 2.60 bits per heavy atom. The van der Waals surface area contributed by atoms with Crippen LogP contribution in [-0.2, 0) is 9.59 Å². The van der Waals surface area contributed by atoms with E-state index < -0.39 is 31.1 Å². The Bertz CT molecular complexity index is 397. The van der Waals surface area contributed by atoms with Gasteiger partial charge >= 0.3 is 0 Å². The van der Waals surface area contributed by atoms with Crippen LogP contribution in [0.4, 0.5) is 0 Å². The highest BCUT2D eigenvalue weighted by Crippen LogP contribution is 2.24. The van der Waals surface area contributed by atoms with Crippen molar-refractivity contribution in [1.29, 1.82) is 0 Å². The minimum absolute atomic E-state index is 0.0549. The van der Waals surface area contributed by atoms with Crippen LogP contribution in [0.5, 0.6) is 0 Å². The normalized spacial score (nSPS) is 29.9. The molecule has 2 N–H and O–H groups in total. The molecule has 1 heterocycles. The maximum atomic E-state index is 11.9. The molecule has 2 amide bonds. The maximum Gasteiger partial charge on any atom is 0.240 e. The molecule has 0 saturated carbocycles. The molecule has 1 fully saturated rings. The number of hydrogen-bond donors (Lipinski definition) is 1. The molecule has 0 aromatic rings. The summed E-state index contributed by atoms with van der Waals surface area (Å²) in [6.45, 7) is -0.815. The lowest BCUT2D eigenvalue weighted by molar-refractivity contribution is -0.136. The number of hydrogen-bond acceptors (Lipinski definition) is 2. The molecule has 4 nitrogen and oxygen atoms in total. The highest BCUT2D eigenvalue weighted by Gasteiger charge is 2.35. The van der Waals surface area contributed by atoms with Crippen molar-refractivity contribution in [1.82, 2.24) is 4.90 Å². The fourth-order valence-electron chi connectivity index (χ4n) is 1.97. The second-order valence-corrected chi connectivity index (χ2v) is 3.82. The average Bonchev–Trinajstić information content (AvgIpc) is 2.57. The van der Waals surface area contributed by atoms with Crippen LogP contribution in [0.2, 0.25) is 0 Å². The molecule has 0 aromatic heterocycles. The molecule has 0 aromatic carbocycles. The highest BCUT2D eigenvalue weighted by molar-refractivity contribution is 5.87. The topological polar surface area (TPSA) is 63.4 Å². The minimum atomic E-state index is -2.72. The molecule has 2 atom stereocenters. The SMILES string of the molecule is [2H]C([2H])([2H])C([2H])([2H])C[C@@H]1CC(=O)N([C@@H](CC)C(N)=O)C1. The van der Waals surface area contributed by atoms with Crippen molar-refractivity contribution in [2.45, 2.75) is 45.5 Å². The lowest BCUT2D eigenvalue weighted by atomic mass is 10.0. The second-order valence-electron chi connectivity index (χ2n) is 3.82. The van der Waals surface area contributed by atoms with Crippen LogP contribution in [0.1, 0.15) is 46.3 Å². The second kappa shape index (κ2) is 5.14. The minimum Gasteiger partial charge on any atom is -0.368 e. The van der Waals surface area contributed by atoms with Crippen molar-refractivity contribution in [2.24, 2.45) is 11.7 Å². The predicted molar refractivity (Wildman–Crippen MR) is 58.0 cm³/mol. The summed E-state index contributed by atoms with van der Waals surface area (Å²) >= 11 is 0. The van der Waals surface area contributed by atoms with Crippen LogP contribution >= 0.6 is 0 Å². The van der Waals surface area contributed by atoms with E-state index in [1.54, 1.807) is 6.92 Å². The van der Waals surface area contributed by atoms with Crippen molar-refractivity contribution < 1.29 is 16.4 Å². The van der Waals surface area contributed by atoms with E-state index in [0.29, 0.717) is 6.42 Å². The zero-order valence-corrected chi connectivity index (χ0v) is 8.82. The van der Waals surface area contributed by atoms with E-state index in [2.05, 4.69) is 0 Å². The zero-order valence-electron chi connectivity index (χ0n) is 13.8. The van der Waals surface area contributed by atoms with Gasteiger partial charge in [0.2, 0.25) is 11.8 Å². The lowest BCUT2D eigenvalue weighted by Gasteiger charge is -2.24. The zero-order chi connectivity index (χ0) is 15.7. The Hall–Kier alpha value is -1.06. The maximum absolute atomic E-state index is 11.9. The number of carbonyl (C=O) groups is 2. The number of nitrogens with two attached hydrogens (primary N) is 1. The summed E-state index contributed by atoms with van der Waals surface area (Å²) < 4.78 is 36.7. The molecule has 1 aliphatic heterocycles. The molecular formula is C11H20N2O2. The van der Waals surface area contributed by atoms with Crippen LogP contribution < -0.4 is 5.73 Å². The van der Waals surface area contributed by atoms with Gasteiger partial charge in [0, 0.05) is 19.8 Å². The molecule has 0 unspecified atom stereocenters. The van der Waals surface area contributed by atoms with Gasteiger partial charge in [0.1, 0.15) is 6.04 Å². The van der Waals surface area contributed by atoms with E-state index in [0.717, 1.165) is 0 Å². The molecule has 1 saturated heterocycles. The number of carbonyl (C=O) groups excluding carboxylic acids is 2. The summed E-state index contributed by atoms with van der Waals surface area (Å²) in [5, 5.41) is 0. The number of nitrogens with zero attached hydrogens (tertiary/aromatic N) is 1. The van der Waals surface area contributed by atoms with E-state index in [-0.39, 0.29) is 25.3 Å². The molecule has 0 aliphatic carbocycles. The first-order valence-corrected chi connectivity index (χ1v) is 5.08. The van der Waals surface area contributed by atoms with Gasteiger partial charge in [-0.1, -0.05) is 20.1 Å². The van der Waals surface area contributed by atoms with Gasteiger partial charge in [-0.2, -0.15) is 0 Å². The van der Waals surface area contributed by atoms with Gasteiger partial charge in [0.25, 0.3) is 0 Å². The molecular weight excluding hydrogens is 192 g/mol. The van der Waals surface area contributed by atoms with Crippen LogP contribution in [0.15, 0.2) is 0 Å². The quantitative estimate of drug-likeness (QED) is 0.743. The summed E-state index contributed by atoms with van der Waals surface area (Å²) in [6, 6.07) is -0.703. The fourth-order valence-corrected chi connectivity index (χ4v) is 1.97. The smallest absolute Gasteiger partial charge is 0.240 e. The molecule has 4 heteroatoms. The van der Waals surface area contributed by atoms with Gasteiger partial charge in [-0.25, -0.2) is 0 Å². The Kier molecular flexibility index (Phi) is 2.23. The van der Waals surface area contributed by atoms with Crippen molar-refractivity contribution >= 4 is 11.8 Å². The first-order chi connectivity index (χ1) is 8.99. The third-order valence-electron chi connectivity index (χ3n) is 2.72. The Balaban J connectivity index is 2.75. The van der Waals surface area contributed by atoms with Crippen LogP contribution in [0, 0.1) is 5.92 Å². The molecule has 15 heavy (non-hydrogen) atoms. The highest BCUT2D eigenvalue weighted by atomic mass is 16.2. The standard InChI is InChI=1S/C11H20N2O2/c1-3-5-8-6-10(14)13(7-8)9(4-2)11(12)15/h8-9H,3-7H2,1-2H3,(H2,12,15)/t8-,9+/m1/s1/i1D3,3D2. The largest absolute Gasteiger partial charge is 0.368 e. The number of primary amides is 1. The van der Waals surface area contributed by atoms with Gasteiger partial charge in [0.15, 0.2) is 0 Å². The van der Waals surface area contributed by atoms with Crippen LogP contribution in [0.25, 0.3) is 0 Å². The third-order valence-corrected chi connectivity index (χ3v) is 2.72. The van der Waals surface area contributed by atoms with Gasteiger partial charge in [-0.3, -0.25) is 9.59 Å². The van der Waals surface area contributed by atoms with E-state index >= 15 is 0 Å². The van der Waals surface area contributed by atoms with Crippen LogP contribution in [0.3, 0.4) is 0 Å². The summed E-state index contributed by atoms with van der Waals surface area (Å²) in [4.78, 5) is 24.5. The third kappa shape index (κ3) is 2.70. The van der Waals surface area contributed by atoms with E-state index in [1.165, 1.54) is 4.90 Å². The van der Waals surface area contributed by atoms with Crippen LogP contribution in [-0.4, -0.2) is 29.3 Å². The number of likely N-dealkylation sites (tertiary alicyclic amines) is 1. The summed E-state index contributed by atoms with van der Waals surface area (Å²) in [5.74, 6) is -1.28. The first kappa shape index (κ1) is 6.51. The molecule has 1 rings (SSSR count). The number of rotatable bonds is 5. The van der Waals surface area contributed by atoms with E-state index in [4.69, 9.17) is 12.6 Å². The van der Waals surface area contributed by atoms with Crippen molar-refractivity contribution in [2.75, 3.05) is 6.54 Å². The molecule has 0 radical (unpaired) electrons. The Labute approximate surface area is 97.8 Å². The van der Waals surface area contributed by atoms with Gasteiger partial charge in [-0.15, -0.1) is 0 Å². The summed E-state index contributed by atoms with van der Waals surface area (Å²) in [6.07, 6.45) is -2.14. The molecule has 86 valence electrons. The monoisotopic (exact) mass is 217 g/mol. The van der Waals surface area contributed by atoms with E-state index in [9.17, 15) is 9.59 Å². The molecule has 0 bridgehead atoms. The Morgan fingerprint density at radius 3 is 3.13 bits per heavy atom. The molecule has 0 spiro atoms. The predicted octanol–water partition coefficient (Wildman–Crippen LogP) is 0.899. The van der Waals surface area contributed by atoms with Crippen molar-refractivity contribution in [3.05, 3.63) is 0 Å². The van der Waals surface area contributed by atoms with Gasteiger partial charge in [0.05, 0.1) is 0 Å². The summed E-state index contributed by atoms with van der Waals surface area (Å²) in [5.41, 5.74) is 5.23. The molecule has 1 aliphatic rings. The van der Waals surface area contributed by atoms with Gasteiger partial charge in [-0.05, 0) is 18.8 Å². The van der Waals surface area contributed by atoms with E-state index in [1.807, 2.05) is 0 Å². The fraction of sp³-hybridized carbons (Fsp3) is 0.818. The Morgan fingerprint density at radius 1 is 1.87 bits per heavy atom. The average molecular weight is 217 g/mol. The van der Waals surface area contributed by atoms with Crippen molar-refractivity contribution in [3.8, 4) is 0 Å². The summed E-state index contributed by atoms with van der Waals surface area (Å²) in [7, 11) is 0. The van der Waals surface area contributed by atoms with Crippen molar-refractivity contribution in [3.63, 3.8) is 0 Å². The number of amides is 2. The first-order valence-electron chi connectivity index (χ1n) is 7.58. The lowest BCUT2D eigenvalue weighted by Crippen LogP contribution is -2.45. The van der Waals surface area contributed by atoms with Gasteiger partial charge < -0.3 is 10.6 Å².